The zero-order valence-corrected chi connectivity index (χ0v) is 19.8. The van der Waals surface area contributed by atoms with E-state index in [1.807, 2.05) is 97.3 Å². The maximum Gasteiger partial charge on any atom is 0.252 e. The second-order valence-corrected chi connectivity index (χ2v) is 8.59. The maximum absolute atomic E-state index is 13.1. The number of aryl methyl sites for hydroxylation is 1. The molecular weight excluding hydrogens is 453 g/mol. The van der Waals surface area contributed by atoms with Crippen LogP contribution in [0.1, 0.15) is 34.0 Å². The first-order chi connectivity index (χ1) is 16.0. The molecule has 1 heterocycles. The van der Waals surface area contributed by atoms with Crippen LogP contribution in [0, 0.1) is 13.8 Å². The highest BCUT2D eigenvalue weighted by molar-refractivity contribution is 6.35. The normalized spacial score (nSPS) is 11.3. The summed E-state index contributed by atoms with van der Waals surface area (Å²) in [7, 11) is 0. The summed E-state index contributed by atoms with van der Waals surface area (Å²) in [6.45, 7) is 3.98. The third-order valence-corrected chi connectivity index (χ3v) is 6.07. The van der Waals surface area contributed by atoms with Gasteiger partial charge in [0.2, 0.25) is 0 Å². The molecule has 0 unspecified atom stereocenters. The average Bonchev–Trinajstić information content (AvgIpc) is 3.08. The topological polar surface area (TPSA) is 46.4 Å². The van der Waals surface area contributed by atoms with Gasteiger partial charge in [0.1, 0.15) is 0 Å². The van der Waals surface area contributed by atoms with Gasteiger partial charge in [0.05, 0.1) is 22.8 Å². The summed E-state index contributed by atoms with van der Waals surface area (Å²) < 4.78 is 2.04. The van der Waals surface area contributed by atoms with Gasteiger partial charge in [-0.05, 0) is 49.2 Å². The van der Waals surface area contributed by atoms with E-state index in [0.29, 0.717) is 10.0 Å². The molecule has 6 heteroatoms. The fourth-order valence-electron chi connectivity index (χ4n) is 3.97. The molecule has 3 aromatic carbocycles. The van der Waals surface area contributed by atoms with Gasteiger partial charge >= 0.3 is 0 Å². The number of carbonyl (C=O) groups is 1. The first-order valence-corrected chi connectivity index (χ1v) is 11.3. The second kappa shape index (κ2) is 10.1. The first-order valence-electron chi connectivity index (χ1n) is 10.5. The fourth-order valence-corrected chi connectivity index (χ4v) is 4.46. The van der Waals surface area contributed by atoms with Crippen molar-refractivity contribution >= 4 is 35.3 Å². The molecule has 4 rings (SSSR count). The molecule has 0 spiro atoms. The van der Waals surface area contributed by atoms with Crippen LogP contribution in [0.2, 0.25) is 10.0 Å². The lowest BCUT2D eigenvalue weighted by Crippen LogP contribution is -2.26. The van der Waals surface area contributed by atoms with Crippen LogP contribution in [0.5, 0.6) is 0 Å². The number of nitrogens with zero attached hydrogens (tertiary/aromatic N) is 2. The molecule has 0 fully saturated rings. The Balaban J connectivity index is 1.58. The van der Waals surface area contributed by atoms with Crippen molar-refractivity contribution in [3.63, 3.8) is 0 Å². The molecule has 4 aromatic rings. The van der Waals surface area contributed by atoms with Crippen molar-refractivity contribution in [2.45, 2.75) is 19.8 Å². The fraction of sp³-hybridized carbons (Fsp3) is 0.111. The Kier molecular flexibility index (Phi) is 6.97. The van der Waals surface area contributed by atoms with Crippen LogP contribution < -0.4 is 5.43 Å². The predicted octanol–water partition coefficient (Wildman–Crippen LogP) is 6.68. The third kappa shape index (κ3) is 5.03. The van der Waals surface area contributed by atoms with Crippen molar-refractivity contribution in [2.24, 2.45) is 5.10 Å². The van der Waals surface area contributed by atoms with Crippen molar-refractivity contribution in [2.75, 3.05) is 0 Å². The minimum Gasteiger partial charge on any atom is -0.316 e. The number of hydrogen-bond donors (Lipinski definition) is 1. The average molecular weight is 476 g/mol. The highest BCUT2D eigenvalue weighted by Gasteiger charge is 2.22. The number of amides is 1. The summed E-state index contributed by atoms with van der Waals surface area (Å²) in [5.41, 5.74) is 8.22. The van der Waals surface area contributed by atoms with E-state index in [0.717, 1.165) is 33.8 Å². The van der Waals surface area contributed by atoms with Gasteiger partial charge in [-0.15, -0.1) is 0 Å². The molecule has 0 aliphatic rings. The van der Waals surface area contributed by atoms with Crippen molar-refractivity contribution in [3.05, 3.63) is 123 Å². The van der Waals surface area contributed by atoms with Gasteiger partial charge in [0.15, 0.2) is 0 Å². The van der Waals surface area contributed by atoms with Crippen LogP contribution >= 0.6 is 23.2 Å². The summed E-state index contributed by atoms with van der Waals surface area (Å²) in [5, 5.41) is 5.42. The maximum atomic E-state index is 13.1. The molecule has 0 atom stereocenters. The lowest BCUT2D eigenvalue weighted by atomic mass is 9.91. The summed E-state index contributed by atoms with van der Waals surface area (Å²) in [4.78, 5) is 13.1. The molecule has 33 heavy (non-hydrogen) atoms. The predicted molar refractivity (Wildman–Crippen MR) is 136 cm³/mol. The third-order valence-electron chi connectivity index (χ3n) is 5.53. The van der Waals surface area contributed by atoms with E-state index in [2.05, 4.69) is 10.5 Å². The number of nitrogens with one attached hydrogen (secondary N) is 1. The van der Waals surface area contributed by atoms with Gasteiger partial charge in [0, 0.05) is 22.0 Å². The SMILES string of the molecule is Cc1cc(/C=N\NC(=O)C(c2ccccc2)c2ccccc2)c(C)n1-c1ccc(Cl)cc1Cl. The highest BCUT2D eigenvalue weighted by atomic mass is 35.5. The molecule has 4 nitrogen and oxygen atoms in total. The van der Waals surface area contributed by atoms with Crippen molar-refractivity contribution in [3.8, 4) is 5.69 Å². The van der Waals surface area contributed by atoms with Gasteiger partial charge in [-0.25, -0.2) is 5.43 Å². The number of hydrogen-bond acceptors (Lipinski definition) is 2. The molecule has 0 saturated heterocycles. The molecular formula is C27H23Cl2N3O. The van der Waals surface area contributed by atoms with Crippen molar-refractivity contribution < 1.29 is 4.79 Å². The minimum atomic E-state index is -0.454. The van der Waals surface area contributed by atoms with E-state index in [-0.39, 0.29) is 5.91 Å². The van der Waals surface area contributed by atoms with Gasteiger partial charge < -0.3 is 4.57 Å². The number of rotatable bonds is 6. The molecule has 1 aromatic heterocycles. The minimum absolute atomic E-state index is 0.196. The van der Waals surface area contributed by atoms with Crippen LogP contribution in [-0.2, 0) is 4.79 Å². The van der Waals surface area contributed by atoms with Gasteiger partial charge in [-0.2, -0.15) is 5.10 Å². The monoisotopic (exact) mass is 475 g/mol. The summed E-state index contributed by atoms with van der Waals surface area (Å²) >= 11 is 12.5. The molecule has 0 bridgehead atoms. The largest absolute Gasteiger partial charge is 0.316 e. The highest BCUT2D eigenvalue weighted by Crippen LogP contribution is 2.28. The quantitative estimate of drug-likeness (QED) is 0.245. The van der Waals surface area contributed by atoms with Crippen LogP contribution in [0.15, 0.2) is 90.0 Å². The van der Waals surface area contributed by atoms with E-state index in [1.165, 1.54) is 0 Å². The number of benzene rings is 3. The van der Waals surface area contributed by atoms with Crippen LogP contribution in [0.4, 0.5) is 0 Å². The zero-order valence-electron chi connectivity index (χ0n) is 18.3. The van der Waals surface area contributed by atoms with Crippen molar-refractivity contribution in [1.29, 1.82) is 0 Å². The zero-order chi connectivity index (χ0) is 23.4. The first kappa shape index (κ1) is 22.8. The number of halogens is 2. The number of carbonyl (C=O) groups excluding carboxylic acids is 1. The van der Waals surface area contributed by atoms with E-state index < -0.39 is 5.92 Å². The summed E-state index contributed by atoms with van der Waals surface area (Å²) in [6.07, 6.45) is 1.66. The van der Waals surface area contributed by atoms with Crippen molar-refractivity contribution in [1.82, 2.24) is 9.99 Å². The Morgan fingerprint density at radius 1 is 0.909 bits per heavy atom. The smallest absolute Gasteiger partial charge is 0.252 e. The van der Waals surface area contributed by atoms with Gasteiger partial charge in [-0.1, -0.05) is 83.9 Å². The summed E-state index contributed by atoms with van der Waals surface area (Å²) in [5.74, 6) is -0.650. The Morgan fingerprint density at radius 2 is 1.52 bits per heavy atom. The van der Waals surface area contributed by atoms with Gasteiger partial charge in [-0.3, -0.25) is 4.79 Å². The molecule has 1 amide bonds. The lowest BCUT2D eigenvalue weighted by molar-refractivity contribution is -0.121. The van der Waals surface area contributed by atoms with E-state index in [1.54, 1.807) is 12.3 Å². The Bertz CT molecular complexity index is 1260. The number of hydrazone groups is 1. The van der Waals surface area contributed by atoms with Crippen LogP contribution in [0.3, 0.4) is 0 Å². The Morgan fingerprint density at radius 3 is 2.09 bits per heavy atom. The standard InChI is InChI=1S/C27H23Cl2N3O/c1-18-15-22(19(2)32(18)25-14-13-23(28)16-24(25)29)17-30-31-27(33)26(20-9-5-3-6-10-20)21-11-7-4-8-12-21/h3-17,26H,1-2H3,(H,31,33)/b30-17-. The van der Waals surface area contributed by atoms with E-state index in [4.69, 9.17) is 23.2 Å². The molecule has 166 valence electrons. The van der Waals surface area contributed by atoms with E-state index >= 15 is 0 Å². The van der Waals surface area contributed by atoms with Crippen LogP contribution in [-0.4, -0.2) is 16.7 Å². The van der Waals surface area contributed by atoms with Crippen LogP contribution in [0.25, 0.3) is 5.69 Å². The van der Waals surface area contributed by atoms with Gasteiger partial charge in [0.25, 0.3) is 5.91 Å². The Hall–Kier alpha value is -3.34. The second-order valence-electron chi connectivity index (χ2n) is 7.75. The molecule has 0 saturated carbocycles. The molecule has 1 N–H and O–H groups in total. The Labute approximate surface area is 203 Å². The number of aromatic nitrogens is 1. The molecule has 0 radical (unpaired) electrons. The summed E-state index contributed by atoms with van der Waals surface area (Å²) in [6, 6.07) is 26.8. The van der Waals surface area contributed by atoms with E-state index in [9.17, 15) is 4.79 Å². The molecule has 0 aliphatic heterocycles. The molecule has 0 aliphatic carbocycles. The lowest BCUT2D eigenvalue weighted by Gasteiger charge is -2.16.